The van der Waals surface area contributed by atoms with Crippen molar-refractivity contribution in [2.45, 2.75) is 13.8 Å². The maximum atomic E-state index is 11.9. The van der Waals surface area contributed by atoms with Crippen LogP contribution < -0.4 is 16.6 Å². The molecule has 0 radical (unpaired) electrons. The number of aliphatic imine (C=N–C) groups is 2. The van der Waals surface area contributed by atoms with E-state index in [4.69, 9.17) is 5.73 Å². The van der Waals surface area contributed by atoms with Crippen molar-refractivity contribution in [1.29, 1.82) is 0 Å². The first-order valence-electron chi connectivity index (χ1n) is 7.16. The Morgan fingerprint density at radius 3 is 2.58 bits per heavy atom. The highest BCUT2D eigenvalue weighted by Crippen LogP contribution is 2.20. The first-order valence-corrected chi connectivity index (χ1v) is 7.16. The Bertz CT molecular complexity index is 852. The Balaban J connectivity index is 2.14. The summed E-state index contributed by atoms with van der Waals surface area (Å²) in [5.41, 5.74) is 7.17. The molecule has 8 nitrogen and oxygen atoms in total. The third-order valence-corrected chi connectivity index (χ3v) is 3.19. The number of nitrogen functional groups attached to an aromatic ring is 1. The van der Waals surface area contributed by atoms with Gasteiger partial charge in [0, 0.05) is 17.0 Å². The zero-order valence-corrected chi connectivity index (χ0v) is 13.5. The molecule has 0 amide bonds. The van der Waals surface area contributed by atoms with Gasteiger partial charge in [-0.2, -0.15) is 4.98 Å². The van der Waals surface area contributed by atoms with Gasteiger partial charge < -0.3 is 11.1 Å². The number of benzene rings is 1. The summed E-state index contributed by atoms with van der Waals surface area (Å²) >= 11 is 0. The number of nitrogens with one attached hydrogen (secondary N) is 2. The van der Waals surface area contributed by atoms with Gasteiger partial charge in [0.25, 0.3) is 5.56 Å². The topological polar surface area (TPSA) is 126 Å². The van der Waals surface area contributed by atoms with E-state index in [0.29, 0.717) is 17.8 Å². The highest BCUT2D eigenvalue weighted by atomic mass is 16.1. The van der Waals surface area contributed by atoms with Crippen LogP contribution in [-0.2, 0) is 0 Å². The second-order valence-corrected chi connectivity index (χ2v) is 5.12. The van der Waals surface area contributed by atoms with Crippen LogP contribution in [0.5, 0.6) is 0 Å². The van der Waals surface area contributed by atoms with E-state index in [1.54, 1.807) is 31.2 Å². The van der Waals surface area contributed by atoms with Crippen LogP contribution in [-0.4, -0.2) is 34.7 Å². The number of carbonyl (C=O) groups is 1. The minimum atomic E-state index is -0.477. The summed E-state index contributed by atoms with van der Waals surface area (Å²) in [7, 11) is 0. The highest BCUT2D eigenvalue weighted by molar-refractivity contribution is 5.94. The lowest BCUT2D eigenvalue weighted by molar-refractivity contribution is 0.101. The highest BCUT2D eigenvalue weighted by Gasteiger charge is 2.09. The van der Waals surface area contributed by atoms with Crippen molar-refractivity contribution in [1.82, 2.24) is 9.97 Å². The van der Waals surface area contributed by atoms with Gasteiger partial charge >= 0.3 is 0 Å². The predicted octanol–water partition coefficient (Wildman–Crippen LogP) is 2.09. The summed E-state index contributed by atoms with van der Waals surface area (Å²) in [5.74, 6) is 0.0583. The van der Waals surface area contributed by atoms with Crippen molar-refractivity contribution >= 4 is 41.4 Å². The molecule has 0 fully saturated rings. The van der Waals surface area contributed by atoms with E-state index < -0.39 is 5.56 Å². The molecule has 2 aromatic rings. The van der Waals surface area contributed by atoms with Crippen LogP contribution in [0.1, 0.15) is 24.2 Å². The van der Waals surface area contributed by atoms with E-state index in [0.717, 1.165) is 5.69 Å². The van der Waals surface area contributed by atoms with Crippen molar-refractivity contribution in [3.05, 3.63) is 40.2 Å². The molecule has 1 aromatic carbocycles. The third-order valence-electron chi connectivity index (χ3n) is 3.19. The fraction of sp³-hybridized carbons (Fsp3) is 0.188. The van der Waals surface area contributed by atoms with Gasteiger partial charge in [0.15, 0.2) is 17.3 Å². The Kier molecular flexibility index (Phi) is 5.20. The second-order valence-electron chi connectivity index (χ2n) is 5.12. The molecular weight excluding hydrogens is 308 g/mol. The molecule has 1 heterocycles. The lowest BCUT2D eigenvalue weighted by Gasteiger charge is -2.07. The molecule has 0 atom stereocenters. The average molecular weight is 326 g/mol. The van der Waals surface area contributed by atoms with Gasteiger partial charge in [0.1, 0.15) is 0 Å². The van der Waals surface area contributed by atoms with Gasteiger partial charge in [-0.05, 0) is 44.8 Å². The number of anilines is 2. The molecule has 24 heavy (non-hydrogen) atoms. The minimum Gasteiger partial charge on any atom is -0.380 e. The molecule has 1 aromatic heterocycles. The second kappa shape index (κ2) is 7.32. The molecule has 124 valence electrons. The number of rotatable bonds is 6. The van der Waals surface area contributed by atoms with E-state index >= 15 is 0 Å². The van der Waals surface area contributed by atoms with Crippen molar-refractivity contribution < 1.29 is 4.79 Å². The Hall–Kier alpha value is -3.29. The summed E-state index contributed by atoms with van der Waals surface area (Å²) < 4.78 is 0. The van der Waals surface area contributed by atoms with Gasteiger partial charge in [0.2, 0.25) is 5.95 Å². The molecule has 0 aliphatic rings. The molecule has 0 saturated heterocycles. The summed E-state index contributed by atoms with van der Waals surface area (Å²) in [4.78, 5) is 37.3. The van der Waals surface area contributed by atoms with Crippen LogP contribution in [0.15, 0.2) is 39.0 Å². The smallest absolute Gasteiger partial charge is 0.280 e. The SMILES string of the molecule is C=Nc1nc(N)[nH]c(=O)c1/N=C(\C)CNc1ccc(C(C)=O)cc1. The number of H-pyrrole nitrogens is 1. The lowest BCUT2D eigenvalue weighted by Crippen LogP contribution is -2.14. The van der Waals surface area contributed by atoms with Crippen molar-refractivity contribution in [2.24, 2.45) is 9.98 Å². The molecule has 8 heteroatoms. The molecule has 0 unspecified atom stereocenters. The van der Waals surface area contributed by atoms with Crippen molar-refractivity contribution in [3.63, 3.8) is 0 Å². The average Bonchev–Trinajstić information content (AvgIpc) is 2.55. The van der Waals surface area contributed by atoms with Crippen LogP contribution in [0.3, 0.4) is 0 Å². The Morgan fingerprint density at radius 2 is 2.00 bits per heavy atom. The summed E-state index contributed by atoms with van der Waals surface area (Å²) in [5, 5.41) is 3.15. The van der Waals surface area contributed by atoms with Crippen LogP contribution >= 0.6 is 0 Å². The van der Waals surface area contributed by atoms with Gasteiger partial charge in [-0.3, -0.25) is 14.6 Å². The predicted molar refractivity (Wildman–Crippen MR) is 96.2 cm³/mol. The zero-order chi connectivity index (χ0) is 17.7. The number of hydrogen-bond acceptors (Lipinski definition) is 7. The number of aromatic nitrogens is 2. The molecule has 0 saturated carbocycles. The standard InChI is InChI=1S/C16H18N6O2/c1-9(8-19-12-6-4-11(5-7-12)10(2)23)20-13-14(18-3)21-16(17)22-15(13)24/h4-7,19H,3,8H2,1-2H3,(H3,17,21,22,24)/b20-9+. The van der Waals surface area contributed by atoms with E-state index in [9.17, 15) is 9.59 Å². The van der Waals surface area contributed by atoms with Crippen LogP contribution in [0, 0.1) is 0 Å². The van der Waals surface area contributed by atoms with Crippen LogP contribution in [0.25, 0.3) is 0 Å². The van der Waals surface area contributed by atoms with E-state index in [-0.39, 0.29) is 23.2 Å². The maximum Gasteiger partial charge on any atom is 0.280 e. The molecule has 0 spiro atoms. The zero-order valence-electron chi connectivity index (χ0n) is 13.5. The third kappa shape index (κ3) is 4.13. The number of nitrogens with zero attached hydrogens (tertiary/aromatic N) is 3. The number of aromatic amines is 1. The summed E-state index contributed by atoms with van der Waals surface area (Å²) in [6, 6.07) is 7.09. The number of hydrogen-bond donors (Lipinski definition) is 3. The molecule has 2 rings (SSSR count). The van der Waals surface area contributed by atoms with Gasteiger partial charge in [-0.1, -0.05) is 0 Å². The summed E-state index contributed by atoms with van der Waals surface area (Å²) in [6.07, 6.45) is 0. The van der Waals surface area contributed by atoms with Crippen LogP contribution in [0.2, 0.25) is 0 Å². The fourth-order valence-electron chi connectivity index (χ4n) is 1.97. The monoisotopic (exact) mass is 326 g/mol. The van der Waals surface area contributed by atoms with Crippen molar-refractivity contribution in [2.75, 3.05) is 17.6 Å². The first kappa shape index (κ1) is 17.1. The Labute approximate surface area is 138 Å². The van der Waals surface area contributed by atoms with E-state index in [1.807, 2.05) is 0 Å². The quantitative estimate of drug-likeness (QED) is 0.553. The van der Waals surface area contributed by atoms with Gasteiger partial charge in [-0.25, -0.2) is 9.98 Å². The first-order chi connectivity index (χ1) is 11.4. The van der Waals surface area contributed by atoms with Gasteiger partial charge in [0.05, 0.1) is 6.54 Å². The number of nitrogens with two attached hydrogens (primary N) is 1. The van der Waals surface area contributed by atoms with Gasteiger partial charge in [-0.15, -0.1) is 0 Å². The molecule has 0 aliphatic heterocycles. The summed E-state index contributed by atoms with van der Waals surface area (Å²) in [6.45, 7) is 7.05. The molecular formula is C16H18N6O2. The van der Waals surface area contributed by atoms with Crippen molar-refractivity contribution in [3.8, 4) is 0 Å². The molecule has 4 N–H and O–H groups in total. The van der Waals surface area contributed by atoms with E-state index in [1.165, 1.54) is 6.92 Å². The van der Waals surface area contributed by atoms with E-state index in [2.05, 4.69) is 32.0 Å². The number of carbonyl (C=O) groups excluding carboxylic acids is 1. The Morgan fingerprint density at radius 1 is 1.33 bits per heavy atom. The largest absolute Gasteiger partial charge is 0.380 e. The fourth-order valence-corrected chi connectivity index (χ4v) is 1.97. The minimum absolute atomic E-state index is 0.0128. The molecule has 0 aliphatic carbocycles. The lowest BCUT2D eigenvalue weighted by atomic mass is 10.1. The van der Waals surface area contributed by atoms with Crippen LogP contribution in [0.4, 0.5) is 23.1 Å². The number of Topliss-reactive ketones (excluding diaryl/α,β-unsaturated/α-hetero) is 1. The molecule has 0 bridgehead atoms. The maximum absolute atomic E-state index is 11.9. The number of ketones is 1. The normalized spacial score (nSPS) is 11.2.